The Morgan fingerprint density at radius 3 is 2.85 bits per heavy atom. The SMILES string of the molecule is C=CCN(C)C(=O)[C@@H](C)[C@@H]1CC[C@@]2(C)Cc3sc(NCc4ccccc4)nc3[C@@H](C)[C@@H]2[C@H]1O. The zero-order valence-corrected chi connectivity index (χ0v) is 21.1. The molecule has 2 aliphatic carbocycles. The van der Waals surface area contributed by atoms with Gasteiger partial charge in [0.25, 0.3) is 0 Å². The second-order valence-corrected chi connectivity index (χ2v) is 11.4. The van der Waals surface area contributed by atoms with Crippen LogP contribution in [0, 0.1) is 23.2 Å². The van der Waals surface area contributed by atoms with E-state index >= 15 is 0 Å². The van der Waals surface area contributed by atoms with Crippen molar-refractivity contribution < 1.29 is 9.90 Å². The van der Waals surface area contributed by atoms with Gasteiger partial charge in [-0.2, -0.15) is 0 Å². The summed E-state index contributed by atoms with van der Waals surface area (Å²) in [6.45, 7) is 11.5. The van der Waals surface area contributed by atoms with E-state index < -0.39 is 6.10 Å². The Kier molecular flexibility index (Phi) is 6.96. The lowest BCUT2D eigenvalue weighted by Gasteiger charge is -2.53. The second-order valence-electron chi connectivity index (χ2n) is 10.3. The highest BCUT2D eigenvalue weighted by Crippen LogP contribution is 2.57. The maximum absolute atomic E-state index is 12.9. The average Bonchev–Trinajstić information content (AvgIpc) is 3.20. The number of aliphatic hydroxyl groups is 1. The number of rotatable bonds is 7. The molecule has 1 heterocycles. The molecule has 6 atom stereocenters. The van der Waals surface area contributed by atoms with Crippen LogP contribution in [-0.2, 0) is 17.8 Å². The highest BCUT2D eigenvalue weighted by Gasteiger charge is 2.54. The number of hydrogen-bond donors (Lipinski definition) is 2. The molecule has 1 aromatic carbocycles. The van der Waals surface area contributed by atoms with Crippen molar-refractivity contribution in [1.29, 1.82) is 0 Å². The van der Waals surface area contributed by atoms with Gasteiger partial charge in [-0.3, -0.25) is 4.79 Å². The number of nitrogens with zero attached hydrogens (tertiary/aromatic N) is 2. The van der Waals surface area contributed by atoms with E-state index in [0.717, 1.165) is 36.6 Å². The molecule has 33 heavy (non-hydrogen) atoms. The summed E-state index contributed by atoms with van der Waals surface area (Å²) in [6, 6.07) is 10.4. The van der Waals surface area contributed by atoms with Crippen LogP contribution in [0.2, 0.25) is 0 Å². The van der Waals surface area contributed by atoms with Crippen LogP contribution in [0.5, 0.6) is 0 Å². The molecule has 0 spiro atoms. The van der Waals surface area contributed by atoms with Crippen LogP contribution in [0.15, 0.2) is 43.0 Å². The van der Waals surface area contributed by atoms with E-state index in [-0.39, 0.29) is 35.0 Å². The van der Waals surface area contributed by atoms with E-state index in [2.05, 4.69) is 50.0 Å². The van der Waals surface area contributed by atoms with E-state index in [4.69, 9.17) is 4.98 Å². The summed E-state index contributed by atoms with van der Waals surface area (Å²) in [4.78, 5) is 21.0. The van der Waals surface area contributed by atoms with E-state index in [1.54, 1.807) is 22.3 Å². The van der Waals surface area contributed by atoms with Gasteiger partial charge in [0.1, 0.15) is 0 Å². The summed E-state index contributed by atoms with van der Waals surface area (Å²) in [6.07, 6.45) is 4.09. The van der Waals surface area contributed by atoms with Gasteiger partial charge in [0.2, 0.25) is 5.91 Å². The molecule has 2 aromatic rings. The summed E-state index contributed by atoms with van der Waals surface area (Å²) < 4.78 is 0. The molecule has 2 aliphatic rings. The van der Waals surface area contributed by atoms with Crippen molar-refractivity contribution >= 4 is 22.4 Å². The van der Waals surface area contributed by atoms with Gasteiger partial charge in [0.15, 0.2) is 5.13 Å². The van der Waals surface area contributed by atoms with Crippen LogP contribution in [0.3, 0.4) is 0 Å². The van der Waals surface area contributed by atoms with Crippen molar-refractivity contribution in [3.8, 4) is 0 Å². The molecule has 1 saturated carbocycles. The molecule has 6 heteroatoms. The molecule has 0 saturated heterocycles. The molecule has 5 nitrogen and oxygen atoms in total. The summed E-state index contributed by atoms with van der Waals surface area (Å²) in [5.41, 5.74) is 2.39. The minimum Gasteiger partial charge on any atom is -0.392 e. The van der Waals surface area contributed by atoms with Gasteiger partial charge in [-0.05, 0) is 42.1 Å². The molecule has 178 valence electrons. The van der Waals surface area contributed by atoms with E-state index in [0.29, 0.717) is 6.54 Å². The van der Waals surface area contributed by atoms with Crippen LogP contribution in [0.25, 0.3) is 0 Å². The van der Waals surface area contributed by atoms with Crippen LogP contribution in [0.4, 0.5) is 5.13 Å². The Morgan fingerprint density at radius 1 is 1.42 bits per heavy atom. The topological polar surface area (TPSA) is 65.5 Å². The molecule has 1 fully saturated rings. The summed E-state index contributed by atoms with van der Waals surface area (Å²) in [5, 5.41) is 16.0. The fourth-order valence-electron chi connectivity index (χ4n) is 6.21. The van der Waals surface area contributed by atoms with E-state index in [1.807, 2.05) is 20.0 Å². The highest BCUT2D eigenvalue weighted by molar-refractivity contribution is 7.15. The number of aliphatic hydroxyl groups excluding tert-OH is 1. The third-order valence-electron chi connectivity index (χ3n) is 8.02. The number of fused-ring (bicyclic) bond motifs is 2. The van der Waals surface area contributed by atoms with Crippen molar-refractivity contribution in [3.05, 3.63) is 59.1 Å². The second kappa shape index (κ2) is 9.59. The monoisotopic (exact) mass is 467 g/mol. The van der Waals surface area contributed by atoms with Crippen molar-refractivity contribution in [2.75, 3.05) is 18.9 Å². The number of likely N-dealkylation sites (N-methyl/N-ethyl adjacent to an activating group) is 1. The van der Waals surface area contributed by atoms with Crippen molar-refractivity contribution in [3.63, 3.8) is 0 Å². The lowest BCUT2D eigenvalue weighted by molar-refractivity contribution is -0.143. The maximum Gasteiger partial charge on any atom is 0.225 e. The molecule has 4 rings (SSSR count). The minimum atomic E-state index is -0.509. The fourth-order valence-corrected chi connectivity index (χ4v) is 7.47. The number of nitrogens with one attached hydrogen (secondary N) is 1. The van der Waals surface area contributed by atoms with Gasteiger partial charge >= 0.3 is 0 Å². The zero-order valence-electron chi connectivity index (χ0n) is 20.3. The smallest absolute Gasteiger partial charge is 0.225 e. The number of anilines is 1. The summed E-state index contributed by atoms with van der Waals surface area (Å²) in [7, 11) is 1.81. The zero-order chi connectivity index (χ0) is 23.8. The first kappa shape index (κ1) is 24.0. The third kappa shape index (κ3) is 4.60. The molecule has 2 N–H and O–H groups in total. The van der Waals surface area contributed by atoms with Gasteiger partial charge in [-0.1, -0.05) is 57.2 Å². The van der Waals surface area contributed by atoms with Crippen LogP contribution in [0.1, 0.15) is 55.7 Å². The minimum absolute atomic E-state index is 0.0267. The number of benzene rings is 1. The maximum atomic E-state index is 12.9. The van der Waals surface area contributed by atoms with Gasteiger partial charge in [-0.25, -0.2) is 4.98 Å². The Bertz CT molecular complexity index is 991. The lowest BCUT2D eigenvalue weighted by atomic mass is 9.53. The fraction of sp³-hybridized carbons (Fsp3) is 0.556. The first-order chi connectivity index (χ1) is 15.7. The molecule has 1 aromatic heterocycles. The normalized spacial score (nSPS) is 29.5. The Morgan fingerprint density at radius 2 is 2.15 bits per heavy atom. The van der Waals surface area contributed by atoms with Crippen molar-refractivity contribution in [2.24, 2.45) is 23.2 Å². The highest BCUT2D eigenvalue weighted by atomic mass is 32.1. The van der Waals surface area contributed by atoms with Gasteiger partial charge in [0, 0.05) is 36.9 Å². The number of aromatic nitrogens is 1. The summed E-state index contributed by atoms with van der Waals surface area (Å²) >= 11 is 1.76. The number of amides is 1. The predicted octanol–water partition coefficient (Wildman–Crippen LogP) is 5.09. The van der Waals surface area contributed by atoms with Gasteiger partial charge in [0.05, 0.1) is 11.8 Å². The van der Waals surface area contributed by atoms with Crippen LogP contribution >= 0.6 is 11.3 Å². The molecular weight excluding hydrogens is 430 g/mol. The van der Waals surface area contributed by atoms with Crippen LogP contribution < -0.4 is 5.32 Å². The van der Waals surface area contributed by atoms with Gasteiger partial charge < -0.3 is 15.3 Å². The number of carbonyl (C=O) groups excluding carboxylic acids is 1. The summed E-state index contributed by atoms with van der Waals surface area (Å²) in [5.74, 6) is 0.122. The first-order valence-electron chi connectivity index (χ1n) is 12.1. The van der Waals surface area contributed by atoms with Crippen molar-refractivity contribution in [2.45, 2.75) is 58.6 Å². The van der Waals surface area contributed by atoms with E-state index in [9.17, 15) is 9.90 Å². The molecule has 0 aliphatic heterocycles. The molecule has 0 unspecified atom stereocenters. The first-order valence-corrected chi connectivity index (χ1v) is 12.9. The third-order valence-corrected chi connectivity index (χ3v) is 9.05. The Labute approximate surface area is 201 Å². The van der Waals surface area contributed by atoms with Gasteiger partial charge in [-0.15, -0.1) is 17.9 Å². The molecule has 0 radical (unpaired) electrons. The average molecular weight is 468 g/mol. The Balaban J connectivity index is 1.52. The standard InChI is InChI=1S/C27H37N3O2S/c1-6-14-30(5)25(32)17(2)20-12-13-27(4)15-21-23(18(3)22(27)24(20)31)29-26(33-21)28-16-19-10-8-7-9-11-19/h6-11,17-18,20,22,24,31H,1,12-16H2,2-5H3,(H,28,29)/t17-,18-,20-,22+,24-,27-/m0/s1. The molecule has 0 bridgehead atoms. The lowest BCUT2D eigenvalue weighted by Crippen LogP contribution is -2.53. The van der Waals surface area contributed by atoms with E-state index in [1.165, 1.54) is 10.4 Å². The largest absolute Gasteiger partial charge is 0.392 e. The predicted molar refractivity (Wildman–Crippen MR) is 135 cm³/mol. The number of carbonyl (C=O) groups is 1. The molecule has 1 amide bonds. The van der Waals surface area contributed by atoms with Crippen molar-refractivity contribution in [1.82, 2.24) is 9.88 Å². The quantitative estimate of drug-likeness (QED) is 0.557. The van der Waals surface area contributed by atoms with Crippen LogP contribution in [-0.4, -0.2) is 40.6 Å². The Hall–Kier alpha value is -2.18. The molecular formula is C27H37N3O2S. The number of thiazole rings is 1. The number of hydrogen-bond acceptors (Lipinski definition) is 5.